The number of carbonyl (C=O) groups is 2. The summed E-state index contributed by atoms with van der Waals surface area (Å²) in [4.78, 5) is 25.4. The summed E-state index contributed by atoms with van der Waals surface area (Å²) in [6.07, 6.45) is 2.78. The van der Waals surface area contributed by atoms with Gasteiger partial charge in [0.1, 0.15) is 0 Å². The third kappa shape index (κ3) is 5.11. The van der Waals surface area contributed by atoms with Crippen LogP contribution >= 0.6 is 0 Å². The molecule has 0 aromatic heterocycles. The fourth-order valence-corrected chi connectivity index (χ4v) is 1.57. The Kier molecular flexibility index (Phi) is 4.73. The summed E-state index contributed by atoms with van der Waals surface area (Å²) in [6.45, 7) is 1.39. The fraction of sp³-hybridized carbons (Fsp3) is 0.818. The maximum atomic E-state index is 11.4. The van der Waals surface area contributed by atoms with Crippen LogP contribution in [0.4, 0.5) is 0 Å². The summed E-state index contributed by atoms with van der Waals surface area (Å²) < 4.78 is 0. The van der Waals surface area contributed by atoms with Crippen LogP contribution in [0.1, 0.15) is 19.3 Å². The van der Waals surface area contributed by atoms with Gasteiger partial charge in [-0.25, -0.2) is 0 Å². The van der Waals surface area contributed by atoms with Crippen molar-refractivity contribution in [1.29, 1.82) is 0 Å². The summed E-state index contributed by atoms with van der Waals surface area (Å²) in [7, 11) is 3.43. The second-order valence-electron chi connectivity index (χ2n) is 4.61. The number of amides is 1. The maximum Gasteiger partial charge on any atom is 0.317 e. The highest BCUT2D eigenvalue weighted by molar-refractivity contribution is 5.75. The van der Waals surface area contributed by atoms with E-state index in [1.807, 2.05) is 4.90 Å². The lowest BCUT2D eigenvalue weighted by atomic mass is 10.3. The summed E-state index contributed by atoms with van der Waals surface area (Å²) >= 11 is 0. The van der Waals surface area contributed by atoms with Crippen LogP contribution in [0.25, 0.3) is 0 Å². The van der Waals surface area contributed by atoms with Gasteiger partial charge in [-0.1, -0.05) is 0 Å². The number of rotatable bonds is 7. The van der Waals surface area contributed by atoms with Crippen LogP contribution in [-0.2, 0) is 9.59 Å². The molecule has 1 N–H and O–H groups in total. The zero-order valence-corrected chi connectivity index (χ0v) is 9.98. The Balaban J connectivity index is 2.30. The van der Waals surface area contributed by atoms with Crippen molar-refractivity contribution in [3.63, 3.8) is 0 Å². The van der Waals surface area contributed by atoms with E-state index in [1.54, 1.807) is 14.1 Å². The molecule has 1 aliphatic rings. The Morgan fingerprint density at radius 2 is 1.94 bits per heavy atom. The van der Waals surface area contributed by atoms with Crippen molar-refractivity contribution in [2.24, 2.45) is 5.92 Å². The first-order chi connectivity index (χ1) is 7.49. The standard InChI is InChI=1S/C11H20N2O3/c1-12(2)10(14)5-6-13(8-11(15)16)7-9-3-4-9/h9H,3-8H2,1-2H3,(H,15,16). The summed E-state index contributed by atoms with van der Waals surface area (Å²) in [6, 6.07) is 0. The second-order valence-corrected chi connectivity index (χ2v) is 4.61. The van der Waals surface area contributed by atoms with Crippen molar-refractivity contribution >= 4 is 11.9 Å². The minimum absolute atomic E-state index is 0.0389. The molecule has 0 unspecified atom stereocenters. The third-order valence-corrected chi connectivity index (χ3v) is 2.71. The monoisotopic (exact) mass is 228 g/mol. The molecule has 0 saturated heterocycles. The molecule has 0 spiro atoms. The highest BCUT2D eigenvalue weighted by Gasteiger charge is 2.25. The molecule has 0 aliphatic heterocycles. The van der Waals surface area contributed by atoms with E-state index in [1.165, 1.54) is 17.7 Å². The quantitative estimate of drug-likeness (QED) is 0.679. The van der Waals surface area contributed by atoms with Gasteiger partial charge in [0.05, 0.1) is 6.54 Å². The number of nitrogens with zero attached hydrogens (tertiary/aromatic N) is 2. The normalized spacial score (nSPS) is 15.2. The van der Waals surface area contributed by atoms with Gasteiger partial charge in [-0.15, -0.1) is 0 Å². The third-order valence-electron chi connectivity index (χ3n) is 2.71. The Morgan fingerprint density at radius 1 is 1.31 bits per heavy atom. The van der Waals surface area contributed by atoms with Crippen LogP contribution in [0, 0.1) is 5.92 Å². The highest BCUT2D eigenvalue weighted by Crippen LogP contribution is 2.29. The molecule has 0 aromatic rings. The molecule has 1 fully saturated rings. The summed E-state index contributed by atoms with van der Waals surface area (Å²) in [5.41, 5.74) is 0. The van der Waals surface area contributed by atoms with Gasteiger partial charge in [0, 0.05) is 33.6 Å². The lowest BCUT2D eigenvalue weighted by molar-refractivity contribution is -0.139. The van der Waals surface area contributed by atoms with Crippen LogP contribution in [-0.4, -0.2) is 60.5 Å². The van der Waals surface area contributed by atoms with Gasteiger partial charge in [0.25, 0.3) is 0 Å². The average Bonchev–Trinajstić information content (AvgIpc) is 2.96. The molecule has 0 heterocycles. The fourth-order valence-electron chi connectivity index (χ4n) is 1.57. The SMILES string of the molecule is CN(C)C(=O)CCN(CC(=O)O)CC1CC1. The van der Waals surface area contributed by atoms with Gasteiger partial charge in [-0.05, 0) is 18.8 Å². The first-order valence-electron chi connectivity index (χ1n) is 5.63. The zero-order chi connectivity index (χ0) is 12.1. The van der Waals surface area contributed by atoms with E-state index in [2.05, 4.69) is 0 Å². The van der Waals surface area contributed by atoms with Crippen LogP contribution in [0.5, 0.6) is 0 Å². The van der Waals surface area contributed by atoms with E-state index in [0.29, 0.717) is 18.9 Å². The molecule has 0 radical (unpaired) electrons. The van der Waals surface area contributed by atoms with Gasteiger partial charge in [0.2, 0.25) is 5.91 Å². The van der Waals surface area contributed by atoms with Crippen molar-refractivity contribution < 1.29 is 14.7 Å². The molecule has 1 amide bonds. The zero-order valence-electron chi connectivity index (χ0n) is 9.98. The summed E-state index contributed by atoms with van der Waals surface area (Å²) in [5, 5.41) is 8.75. The van der Waals surface area contributed by atoms with Crippen molar-refractivity contribution in [3.05, 3.63) is 0 Å². The summed E-state index contributed by atoms with van der Waals surface area (Å²) in [5.74, 6) is -0.127. The predicted molar refractivity (Wildman–Crippen MR) is 60.1 cm³/mol. The largest absolute Gasteiger partial charge is 0.480 e. The molecule has 5 heteroatoms. The van der Waals surface area contributed by atoms with Gasteiger partial charge < -0.3 is 10.0 Å². The van der Waals surface area contributed by atoms with Gasteiger partial charge >= 0.3 is 5.97 Å². The average molecular weight is 228 g/mol. The van der Waals surface area contributed by atoms with Crippen LogP contribution in [0.3, 0.4) is 0 Å². The predicted octanol–water partition coefficient (Wildman–Crippen LogP) is 0.261. The molecular formula is C11H20N2O3. The number of aliphatic carboxylic acids is 1. The molecule has 1 rings (SSSR count). The minimum Gasteiger partial charge on any atom is -0.480 e. The lowest BCUT2D eigenvalue weighted by Crippen LogP contribution is -2.35. The molecule has 0 bridgehead atoms. The number of carboxylic acid groups (broad SMARTS) is 1. The van der Waals surface area contributed by atoms with Crippen LogP contribution in [0.2, 0.25) is 0 Å². The Bertz CT molecular complexity index is 262. The highest BCUT2D eigenvalue weighted by atomic mass is 16.4. The first-order valence-corrected chi connectivity index (χ1v) is 5.63. The van der Waals surface area contributed by atoms with E-state index < -0.39 is 5.97 Å². The number of hydrogen-bond donors (Lipinski definition) is 1. The molecule has 16 heavy (non-hydrogen) atoms. The molecule has 5 nitrogen and oxygen atoms in total. The maximum absolute atomic E-state index is 11.4. The van der Waals surface area contributed by atoms with Crippen molar-refractivity contribution in [1.82, 2.24) is 9.80 Å². The molecule has 0 aromatic carbocycles. The first kappa shape index (κ1) is 13.0. The van der Waals surface area contributed by atoms with E-state index in [-0.39, 0.29) is 12.5 Å². The van der Waals surface area contributed by atoms with Gasteiger partial charge in [-0.3, -0.25) is 14.5 Å². The van der Waals surface area contributed by atoms with Gasteiger partial charge in [0.15, 0.2) is 0 Å². The van der Waals surface area contributed by atoms with Crippen LogP contribution < -0.4 is 0 Å². The molecule has 1 saturated carbocycles. The van der Waals surface area contributed by atoms with E-state index >= 15 is 0 Å². The Labute approximate surface area is 96.0 Å². The lowest BCUT2D eigenvalue weighted by Gasteiger charge is -2.20. The topological polar surface area (TPSA) is 60.9 Å². The molecular weight excluding hydrogens is 208 g/mol. The van der Waals surface area contributed by atoms with Gasteiger partial charge in [-0.2, -0.15) is 0 Å². The Morgan fingerprint density at radius 3 is 2.38 bits per heavy atom. The van der Waals surface area contributed by atoms with Crippen molar-refractivity contribution in [3.8, 4) is 0 Å². The van der Waals surface area contributed by atoms with E-state index in [9.17, 15) is 9.59 Å². The molecule has 0 atom stereocenters. The van der Waals surface area contributed by atoms with E-state index in [4.69, 9.17) is 5.11 Å². The van der Waals surface area contributed by atoms with Crippen molar-refractivity contribution in [2.75, 3.05) is 33.7 Å². The van der Waals surface area contributed by atoms with Crippen molar-refractivity contribution in [2.45, 2.75) is 19.3 Å². The van der Waals surface area contributed by atoms with E-state index in [0.717, 1.165) is 6.54 Å². The molecule has 92 valence electrons. The number of carboxylic acids is 1. The molecule has 1 aliphatic carbocycles. The van der Waals surface area contributed by atoms with Crippen LogP contribution in [0.15, 0.2) is 0 Å². The Hall–Kier alpha value is -1.10. The minimum atomic E-state index is -0.821. The number of hydrogen-bond acceptors (Lipinski definition) is 3. The number of carbonyl (C=O) groups excluding carboxylic acids is 1. The second kappa shape index (κ2) is 5.84. The smallest absolute Gasteiger partial charge is 0.317 e.